The van der Waals surface area contributed by atoms with Crippen LogP contribution in [-0.4, -0.2) is 50.3 Å². The average Bonchev–Trinajstić information content (AvgIpc) is 2.72. The molecule has 100 valence electrons. The molecule has 0 aliphatic carbocycles. The van der Waals surface area contributed by atoms with Gasteiger partial charge < -0.3 is 20.1 Å². The molecule has 5 nitrogen and oxygen atoms in total. The number of amides is 1. The molecule has 2 atom stereocenters. The first kappa shape index (κ1) is 13.7. The molecule has 0 aromatic carbocycles. The second-order valence-electron chi connectivity index (χ2n) is 4.93. The van der Waals surface area contributed by atoms with Gasteiger partial charge in [0, 0.05) is 0 Å². The van der Waals surface area contributed by atoms with E-state index in [2.05, 4.69) is 4.98 Å². The predicted octanol–water partition coefficient (Wildman–Crippen LogP) is 1.28. The molecule has 3 N–H and O–H groups in total. The summed E-state index contributed by atoms with van der Waals surface area (Å²) >= 11 is 11.5. The van der Waals surface area contributed by atoms with E-state index >= 15 is 0 Å². The molecule has 2 heterocycles. The lowest BCUT2D eigenvalue weighted by Crippen LogP contribution is -2.48. The Kier molecular flexibility index (Phi) is 3.36. The monoisotopic (exact) mass is 292 g/mol. The van der Waals surface area contributed by atoms with E-state index in [9.17, 15) is 15.0 Å². The van der Waals surface area contributed by atoms with Gasteiger partial charge in [0.25, 0.3) is 5.91 Å². The highest BCUT2D eigenvalue weighted by Gasteiger charge is 2.48. The number of rotatable bonds is 1. The lowest BCUT2D eigenvalue weighted by molar-refractivity contribution is 0.00784. The quantitative estimate of drug-likeness (QED) is 0.730. The van der Waals surface area contributed by atoms with Crippen LogP contribution in [0.4, 0.5) is 0 Å². The number of nitrogens with one attached hydrogen (secondary N) is 1. The number of aromatic amines is 1. The number of aliphatic hydroxyl groups is 2. The highest BCUT2D eigenvalue weighted by Crippen LogP contribution is 2.31. The smallest absolute Gasteiger partial charge is 0.270 e. The van der Waals surface area contributed by atoms with Crippen LogP contribution in [0, 0.1) is 0 Å². The number of carbonyl (C=O) groups is 1. The second-order valence-corrected chi connectivity index (χ2v) is 5.71. The van der Waals surface area contributed by atoms with Gasteiger partial charge in [-0.3, -0.25) is 4.79 Å². The number of nitrogens with zero attached hydrogens (tertiary/aromatic N) is 1. The van der Waals surface area contributed by atoms with Crippen LogP contribution in [0.25, 0.3) is 0 Å². The Morgan fingerprint density at radius 3 is 2.50 bits per heavy atom. The molecule has 0 spiro atoms. The van der Waals surface area contributed by atoms with Crippen LogP contribution >= 0.6 is 23.2 Å². The summed E-state index contributed by atoms with van der Waals surface area (Å²) in [6.07, 6.45) is -1.94. The van der Waals surface area contributed by atoms with E-state index in [1.165, 1.54) is 11.0 Å². The molecule has 0 unspecified atom stereocenters. The van der Waals surface area contributed by atoms with Gasteiger partial charge in [-0.25, -0.2) is 0 Å². The average molecular weight is 293 g/mol. The lowest BCUT2D eigenvalue weighted by Gasteiger charge is -2.33. The molecule has 0 radical (unpaired) electrons. The predicted molar refractivity (Wildman–Crippen MR) is 67.9 cm³/mol. The van der Waals surface area contributed by atoms with Crippen molar-refractivity contribution in [1.82, 2.24) is 9.88 Å². The van der Waals surface area contributed by atoms with Crippen molar-refractivity contribution >= 4 is 29.1 Å². The van der Waals surface area contributed by atoms with E-state index in [0.717, 1.165) is 0 Å². The third-order valence-electron chi connectivity index (χ3n) is 3.35. The van der Waals surface area contributed by atoms with Gasteiger partial charge in [-0.1, -0.05) is 23.2 Å². The fraction of sp³-hybridized carbons (Fsp3) is 0.545. The van der Waals surface area contributed by atoms with Crippen LogP contribution in [0.15, 0.2) is 6.07 Å². The van der Waals surface area contributed by atoms with Crippen molar-refractivity contribution in [3.8, 4) is 0 Å². The summed E-state index contributed by atoms with van der Waals surface area (Å²) in [4.78, 5) is 16.3. The van der Waals surface area contributed by atoms with Crippen molar-refractivity contribution in [2.24, 2.45) is 0 Å². The maximum Gasteiger partial charge on any atom is 0.270 e. The van der Waals surface area contributed by atoms with E-state index in [1.807, 2.05) is 0 Å². The summed E-state index contributed by atoms with van der Waals surface area (Å²) in [5.41, 5.74) is -0.611. The van der Waals surface area contributed by atoms with Gasteiger partial charge in [0.1, 0.15) is 17.0 Å². The number of aromatic nitrogens is 1. The minimum absolute atomic E-state index is 0.0707. The van der Waals surface area contributed by atoms with Gasteiger partial charge in [-0.05, 0) is 19.9 Å². The van der Waals surface area contributed by atoms with E-state index in [1.54, 1.807) is 13.8 Å². The number of aliphatic hydroxyl groups excluding tert-OH is 2. The maximum atomic E-state index is 12.3. The molecule has 1 aliphatic heterocycles. The van der Waals surface area contributed by atoms with E-state index in [0.29, 0.717) is 0 Å². The molecule has 2 rings (SSSR count). The molecule has 1 aromatic heterocycles. The Labute approximate surface area is 114 Å². The van der Waals surface area contributed by atoms with Crippen molar-refractivity contribution in [3.05, 3.63) is 21.9 Å². The number of hydrogen-bond acceptors (Lipinski definition) is 3. The summed E-state index contributed by atoms with van der Waals surface area (Å²) in [5.74, 6) is -0.357. The summed E-state index contributed by atoms with van der Waals surface area (Å²) in [6, 6.07) is 1.43. The zero-order valence-electron chi connectivity index (χ0n) is 9.94. The van der Waals surface area contributed by atoms with Gasteiger partial charge >= 0.3 is 0 Å². The van der Waals surface area contributed by atoms with Crippen LogP contribution < -0.4 is 0 Å². The highest BCUT2D eigenvalue weighted by molar-refractivity contribution is 6.41. The fourth-order valence-corrected chi connectivity index (χ4v) is 2.47. The summed E-state index contributed by atoms with van der Waals surface area (Å²) in [7, 11) is 0. The Hall–Kier alpha value is -0.750. The van der Waals surface area contributed by atoms with Crippen LogP contribution in [0.1, 0.15) is 24.3 Å². The van der Waals surface area contributed by atoms with Crippen molar-refractivity contribution in [2.75, 3.05) is 6.54 Å². The number of hydrogen-bond donors (Lipinski definition) is 3. The molecular formula is C11H14Cl2N2O3. The number of H-pyrrole nitrogens is 1. The van der Waals surface area contributed by atoms with Gasteiger partial charge in [-0.2, -0.15) is 0 Å². The summed E-state index contributed by atoms with van der Waals surface area (Å²) in [5, 5.41) is 20.0. The SMILES string of the molecule is CC1(C)[C@@H](O)[C@@H](O)CN1C(=O)c1cc(Cl)c(Cl)[nH]1. The fourth-order valence-electron chi connectivity index (χ4n) is 2.16. The molecule has 1 fully saturated rings. The Bertz CT molecular complexity index is 467. The van der Waals surface area contributed by atoms with Crippen molar-refractivity contribution in [3.63, 3.8) is 0 Å². The van der Waals surface area contributed by atoms with E-state index < -0.39 is 17.7 Å². The maximum absolute atomic E-state index is 12.3. The Morgan fingerprint density at radius 2 is 2.11 bits per heavy atom. The van der Waals surface area contributed by atoms with Crippen LogP contribution in [0.3, 0.4) is 0 Å². The third kappa shape index (κ3) is 2.01. The third-order valence-corrected chi connectivity index (χ3v) is 4.05. The van der Waals surface area contributed by atoms with E-state index in [-0.39, 0.29) is 28.3 Å². The topological polar surface area (TPSA) is 76.6 Å². The zero-order valence-corrected chi connectivity index (χ0v) is 11.5. The first-order chi connectivity index (χ1) is 8.25. The molecule has 18 heavy (non-hydrogen) atoms. The summed E-state index contributed by atoms with van der Waals surface area (Å²) in [6.45, 7) is 3.46. The second kappa shape index (κ2) is 4.42. The van der Waals surface area contributed by atoms with Crippen molar-refractivity contribution in [2.45, 2.75) is 31.6 Å². The van der Waals surface area contributed by atoms with Crippen LogP contribution in [0.5, 0.6) is 0 Å². The van der Waals surface area contributed by atoms with Crippen LogP contribution in [-0.2, 0) is 0 Å². The number of halogens is 2. The molecule has 0 saturated carbocycles. The number of β-amino-alcohol motifs (C(OH)–C–C–N with tert-alkyl or cyclic N) is 1. The van der Waals surface area contributed by atoms with Gasteiger partial charge in [0.2, 0.25) is 0 Å². The van der Waals surface area contributed by atoms with Crippen LogP contribution in [0.2, 0.25) is 10.2 Å². The zero-order chi connectivity index (χ0) is 13.7. The molecule has 0 bridgehead atoms. The van der Waals surface area contributed by atoms with E-state index in [4.69, 9.17) is 23.2 Å². The minimum atomic E-state index is -0.984. The molecule has 1 aromatic rings. The molecule has 7 heteroatoms. The highest BCUT2D eigenvalue weighted by atomic mass is 35.5. The summed E-state index contributed by atoms with van der Waals surface area (Å²) < 4.78 is 0. The normalized spacial score (nSPS) is 26.7. The van der Waals surface area contributed by atoms with Gasteiger partial charge in [-0.15, -0.1) is 0 Å². The molecular weight excluding hydrogens is 279 g/mol. The standard InChI is InChI=1S/C11H14Cl2N2O3/c1-11(2)8(17)7(16)4-15(11)10(18)6-3-5(12)9(13)14-6/h3,7-8,14,16-17H,4H2,1-2H3/t7-,8-/m0/s1. The molecule has 1 saturated heterocycles. The Morgan fingerprint density at radius 1 is 1.50 bits per heavy atom. The first-order valence-corrected chi connectivity index (χ1v) is 6.23. The number of likely N-dealkylation sites (tertiary alicyclic amines) is 1. The Balaban J connectivity index is 2.30. The largest absolute Gasteiger partial charge is 0.388 e. The van der Waals surface area contributed by atoms with Crippen molar-refractivity contribution in [1.29, 1.82) is 0 Å². The first-order valence-electron chi connectivity index (χ1n) is 5.47. The number of carbonyl (C=O) groups excluding carboxylic acids is 1. The lowest BCUT2D eigenvalue weighted by atomic mass is 9.97. The van der Waals surface area contributed by atoms with Gasteiger partial charge in [0.05, 0.1) is 23.2 Å². The molecule has 1 aliphatic rings. The molecule has 1 amide bonds. The minimum Gasteiger partial charge on any atom is -0.388 e. The van der Waals surface area contributed by atoms with Gasteiger partial charge in [0.15, 0.2) is 0 Å². The van der Waals surface area contributed by atoms with Crippen molar-refractivity contribution < 1.29 is 15.0 Å².